The molecular weight excluding hydrogens is 218 g/mol. The van der Waals surface area contributed by atoms with Crippen molar-refractivity contribution >= 4 is 11.1 Å². The molecule has 0 saturated carbocycles. The Morgan fingerprint density at radius 2 is 2.67 bits per heavy atom. The van der Waals surface area contributed by atoms with Crippen molar-refractivity contribution < 1.29 is 13.5 Å². The van der Waals surface area contributed by atoms with Gasteiger partial charge in [0.2, 0.25) is 5.88 Å². The SMILES string of the molecule is CCN[C@H]1COc2c(S(=O)[O-])cnn2C1. The van der Waals surface area contributed by atoms with E-state index < -0.39 is 11.1 Å². The molecule has 0 fully saturated rings. The van der Waals surface area contributed by atoms with E-state index >= 15 is 0 Å². The van der Waals surface area contributed by atoms with Crippen molar-refractivity contribution in [3.05, 3.63) is 6.20 Å². The fourth-order valence-corrected chi connectivity index (χ4v) is 2.04. The molecule has 0 amide bonds. The molecule has 7 heteroatoms. The molecule has 0 aromatic carbocycles. The fourth-order valence-electron chi connectivity index (χ4n) is 1.60. The molecule has 2 rings (SSSR count). The molecule has 1 aliphatic rings. The van der Waals surface area contributed by atoms with E-state index in [4.69, 9.17) is 4.74 Å². The Bertz CT molecular complexity index is 379. The van der Waals surface area contributed by atoms with E-state index in [0.29, 0.717) is 19.0 Å². The number of nitrogens with zero attached hydrogens (tertiary/aromatic N) is 2. The highest BCUT2D eigenvalue weighted by molar-refractivity contribution is 7.79. The largest absolute Gasteiger partial charge is 0.768 e. The number of rotatable bonds is 3. The molecule has 1 N–H and O–H groups in total. The summed E-state index contributed by atoms with van der Waals surface area (Å²) in [5.74, 6) is 0.345. The predicted octanol–water partition coefficient (Wildman–Crippen LogP) is -0.508. The number of likely N-dealkylation sites (N-methyl/N-ethyl adjacent to an activating group) is 1. The van der Waals surface area contributed by atoms with Crippen LogP contribution in [0.25, 0.3) is 0 Å². The standard InChI is InChI=1S/C8H13N3O3S/c1-2-9-6-4-11-8(14-5-6)7(3-10-11)15(12)13/h3,6,9H,2,4-5H2,1H3,(H,12,13)/p-1/t6-/m1/s1. The number of fused-ring (bicyclic) bond motifs is 1. The van der Waals surface area contributed by atoms with E-state index in [0.717, 1.165) is 6.54 Å². The summed E-state index contributed by atoms with van der Waals surface area (Å²) >= 11 is -2.28. The monoisotopic (exact) mass is 230 g/mol. The number of aromatic nitrogens is 2. The molecule has 0 spiro atoms. The molecule has 1 aromatic rings. The zero-order valence-corrected chi connectivity index (χ0v) is 9.12. The quantitative estimate of drug-likeness (QED) is 0.708. The summed E-state index contributed by atoms with van der Waals surface area (Å²) < 4.78 is 28.5. The second-order valence-electron chi connectivity index (χ2n) is 3.30. The second-order valence-corrected chi connectivity index (χ2v) is 4.21. The van der Waals surface area contributed by atoms with Crippen molar-refractivity contribution in [1.29, 1.82) is 0 Å². The van der Waals surface area contributed by atoms with Gasteiger partial charge in [-0.25, -0.2) is 4.68 Å². The molecule has 1 aliphatic heterocycles. The Balaban J connectivity index is 2.18. The van der Waals surface area contributed by atoms with Crippen LogP contribution in [0.1, 0.15) is 6.92 Å². The van der Waals surface area contributed by atoms with Crippen molar-refractivity contribution in [2.75, 3.05) is 13.2 Å². The van der Waals surface area contributed by atoms with E-state index in [1.807, 2.05) is 6.92 Å². The fraction of sp³-hybridized carbons (Fsp3) is 0.625. The normalized spacial score (nSPS) is 21.9. The average Bonchev–Trinajstić information content (AvgIpc) is 2.61. The molecule has 84 valence electrons. The average molecular weight is 230 g/mol. The zero-order valence-electron chi connectivity index (χ0n) is 8.30. The lowest BCUT2D eigenvalue weighted by Gasteiger charge is -2.25. The highest BCUT2D eigenvalue weighted by atomic mass is 32.2. The first-order chi connectivity index (χ1) is 7.22. The lowest BCUT2D eigenvalue weighted by molar-refractivity contribution is 0.180. The topological polar surface area (TPSA) is 79.2 Å². The van der Waals surface area contributed by atoms with Crippen molar-refractivity contribution in [2.24, 2.45) is 0 Å². The third-order valence-corrected chi connectivity index (χ3v) is 2.89. The zero-order chi connectivity index (χ0) is 10.8. The maximum atomic E-state index is 10.8. The Morgan fingerprint density at radius 1 is 1.87 bits per heavy atom. The predicted molar refractivity (Wildman–Crippen MR) is 52.4 cm³/mol. The van der Waals surface area contributed by atoms with Gasteiger partial charge in [-0.05, 0) is 17.6 Å². The van der Waals surface area contributed by atoms with Gasteiger partial charge in [-0.1, -0.05) is 6.92 Å². The van der Waals surface area contributed by atoms with Gasteiger partial charge < -0.3 is 14.6 Å². The number of hydrogen-bond acceptors (Lipinski definition) is 5. The Hall–Kier alpha value is -0.920. The maximum Gasteiger partial charge on any atom is 0.227 e. The summed E-state index contributed by atoms with van der Waals surface area (Å²) in [4.78, 5) is 0.130. The summed E-state index contributed by atoms with van der Waals surface area (Å²) in [5, 5.41) is 7.19. The molecule has 2 atom stereocenters. The Labute approximate surface area is 89.9 Å². The highest BCUT2D eigenvalue weighted by Crippen LogP contribution is 2.24. The summed E-state index contributed by atoms with van der Waals surface area (Å²) in [6.45, 7) is 3.98. The van der Waals surface area contributed by atoms with E-state index in [1.54, 1.807) is 4.68 Å². The lowest BCUT2D eigenvalue weighted by Crippen LogP contribution is -2.41. The van der Waals surface area contributed by atoms with Crippen molar-refractivity contribution in [3.63, 3.8) is 0 Å². The van der Waals surface area contributed by atoms with Gasteiger partial charge >= 0.3 is 0 Å². The van der Waals surface area contributed by atoms with Crippen LogP contribution in [-0.2, 0) is 17.6 Å². The van der Waals surface area contributed by atoms with Gasteiger partial charge in [0.1, 0.15) is 11.5 Å². The van der Waals surface area contributed by atoms with Crippen molar-refractivity contribution in [1.82, 2.24) is 15.1 Å². The molecule has 0 saturated heterocycles. The van der Waals surface area contributed by atoms with Crippen LogP contribution >= 0.6 is 0 Å². The van der Waals surface area contributed by atoms with Crippen LogP contribution in [-0.4, -0.2) is 37.7 Å². The van der Waals surface area contributed by atoms with Crippen LogP contribution in [0, 0.1) is 0 Å². The number of nitrogens with one attached hydrogen (secondary N) is 1. The number of ether oxygens (including phenoxy) is 1. The first-order valence-electron chi connectivity index (χ1n) is 4.73. The van der Waals surface area contributed by atoms with E-state index in [9.17, 15) is 8.76 Å². The molecule has 0 bridgehead atoms. The van der Waals surface area contributed by atoms with Crippen LogP contribution in [0.2, 0.25) is 0 Å². The third-order valence-electron chi connectivity index (χ3n) is 2.25. The molecule has 2 heterocycles. The molecule has 0 radical (unpaired) electrons. The van der Waals surface area contributed by atoms with Gasteiger partial charge in [0.15, 0.2) is 0 Å². The minimum absolute atomic E-state index is 0.130. The van der Waals surface area contributed by atoms with Crippen LogP contribution in [0.5, 0.6) is 5.88 Å². The molecule has 15 heavy (non-hydrogen) atoms. The van der Waals surface area contributed by atoms with Crippen LogP contribution in [0.4, 0.5) is 0 Å². The first-order valence-corrected chi connectivity index (χ1v) is 5.81. The van der Waals surface area contributed by atoms with Crippen molar-refractivity contribution in [3.8, 4) is 5.88 Å². The van der Waals surface area contributed by atoms with Crippen LogP contribution in [0.3, 0.4) is 0 Å². The molecule has 1 aromatic heterocycles. The van der Waals surface area contributed by atoms with E-state index in [1.165, 1.54) is 6.20 Å². The summed E-state index contributed by atoms with van der Waals surface area (Å²) in [6.07, 6.45) is 1.31. The molecule has 0 aliphatic carbocycles. The maximum absolute atomic E-state index is 10.8. The smallest absolute Gasteiger partial charge is 0.227 e. The van der Waals surface area contributed by atoms with Crippen LogP contribution < -0.4 is 10.1 Å². The molecular formula is C8H12N3O3S-. The van der Waals surface area contributed by atoms with Gasteiger partial charge in [-0.3, -0.25) is 4.21 Å². The van der Waals surface area contributed by atoms with E-state index in [-0.39, 0.29) is 10.9 Å². The van der Waals surface area contributed by atoms with Gasteiger partial charge in [-0.15, -0.1) is 0 Å². The molecule has 1 unspecified atom stereocenters. The van der Waals surface area contributed by atoms with Gasteiger partial charge in [0, 0.05) is 0 Å². The summed E-state index contributed by atoms with van der Waals surface area (Å²) in [5.41, 5.74) is 0. The Morgan fingerprint density at radius 3 is 3.33 bits per heavy atom. The lowest BCUT2D eigenvalue weighted by atomic mass is 10.3. The first kappa shape index (κ1) is 10.6. The summed E-state index contributed by atoms with van der Waals surface area (Å²) in [6, 6.07) is 0.190. The Kier molecular flexibility index (Phi) is 3.03. The third kappa shape index (κ3) is 2.04. The number of hydrogen-bond donors (Lipinski definition) is 1. The van der Waals surface area contributed by atoms with Gasteiger partial charge in [0.05, 0.1) is 18.8 Å². The van der Waals surface area contributed by atoms with Crippen molar-refractivity contribution in [2.45, 2.75) is 24.4 Å². The summed E-state index contributed by atoms with van der Waals surface area (Å²) in [7, 11) is 0. The van der Waals surface area contributed by atoms with Gasteiger partial charge in [-0.2, -0.15) is 5.10 Å². The minimum Gasteiger partial charge on any atom is -0.768 e. The second kappa shape index (κ2) is 4.30. The minimum atomic E-state index is -2.28. The van der Waals surface area contributed by atoms with E-state index in [2.05, 4.69) is 10.4 Å². The highest BCUT2D eigenvalue weighted by Gasteiger charge is 2.22. The van der Waals surface area contributed by atoms with Crippen LogP contribution in [0.15, 0.2) is 11.1 Å². The molecule has 6 nitrogen and oxygen atoms in total. The van der Waals surface area contributed by atoms with Gasteiger partial charge in [0.25, 0.3) is 0 Å².